The van der Waals surface area contributed by atoms with Crippen LogP contribution in [0.5, 0.6) is 0 Å². The van der Waals surface area contributed by atoms with Crippen LogP contribution in [0, 0.1) is 13.8 Å². The van der Waals surface area contributed by atoms with Gasteiger partial charge in [0.25, 0.3) is 10.0 Å². The Hall–Kier alpha value is -2.16. The fraction of sp³-hybridized carbons (Fsp3) is 0.562. The van der Waals surface area contributed by atoms with E-state index < -0.39 is 10.0 Å². The Kier molecular flexibility index (Phi) is 4.68. The van der Waals surface area contributed by atoms with Crippen molar-refractivity contribution in [2.75, 3.05) is 22.7 Å². The molecule has 1 aliphatic rings. The fourth-order valence-corrected chi connectivity index (χ4v) is 3.95. The topological polar surface area (TPSA) is 93.0 Å². The smallest absolute Gasteiger partial charge is 0.281 e. The van der Waals surface area contributed by atoms with Crippen molar-refractivity contribution in [3.63, 3.8) is 0 Å². The summed E-state index contributed by atoms with van der Waals surface area (Å²) in [4.78, 5) is 15.1. The van der Waals surface area contributed by atoms with Crippen LogP contribution in [0.1, 0.15) is 44.1 Å². The molecule has 0 spiro atoms. The van der Waals surface area contributed by atoms with Crippen molar-refractivity contribution in [3.8, 4) is 0 Å². The van der Waals surface area contributed by atoms with Crippen LogP contribution in [-0.2, 0) is 10.0 Å². The third-order valence-electron chi connectivity index (χ3n) is 4.33. The molecule has 25 heavy (non-hydrogen) atoms. The number of aromatic nitrogens is 4. The van der Waals surface area contributed by atoms with Gasteiger partial charge in [-0.25, -0.2) is 15.0 Å². The highest BCUT2D eigenvalue weighted by Crippen LogP contribution is 2.25. The Bertz CT molecular complexity index is 845. The van der Waals surface area contributed by atoms with Crippen molar-refractivity contribution in [2.45, 2.75) is 51.6 Å². The lowest BCUT2D eigenvalue weighted by molar-refractivity contribution is 0.591. The average Bonchev–Trinajstić information content (AvgIpc) is 3.21. The zero-order valence-corrected chi connectivity index (χ0v) is 15.8. The number of hydrogen-bond acceptors (Lipinski definition) is 6. The van der Waals surface area contributed by atoms with Gasteiger partial charge in [0, 0.05) is 25.3 Å². The molecule has 1 saturated heterocycles. The van der Waals surface area contributed by atoms with E-state index in [9.17, 15) is 8.42 Å². The molecule has 0 amide bonds. The van der Waals surface area contributed by atoms with Crippen molar-refractivity contribution in [1.82, 2.24) is 19.5 Å². The highest BCUT2D eigenvalue weighted by atomic mass is 32.2. The molecule has 3 heterocycles. The molecular formula is C16H24N6O2S. The molecule has 1 N–H and O–H groups in total. The molecule has 9 heteroatoms. The molecule has 0 bridgehead atoms. The Morgan fingerprint density at radius 1 is 1.12 bits per heavy atom. The number of sulfonamides is 1. The van der Waals surface area contributed by atoms with Gasteiger partial charge in [0.1, 0.15) is 0 Å². The van der Waals surface area contributed by atoms with Crippen LogP contribution in [0.4, 0.5) is 11.6 Å². The first kappa shape index (κ1) is 17.7. The summed E-state index contributed by atoms with van der Waals surface area (Å²) in [6.45, 7) is 9.39. The van der Waals surface area contributed by atoms with Crippen molar-refractivity contribution < 1.29 is 8.42 Å². The quantitative estimate of drug-likeness (QED) is 0.875. The zero-order chi connectivity index (χ0) is 18.2. The predicted molar refractivity (Wildman–Crippen MR) is 96.4 cm³/mol. The monoisotopic (exact) mass is 364 g/mol. The minimum atomic E-state index is -3.78. The molecule has 1 fully saturated rings. The van der Waals surface area contributed by atoms with Gasteiger partial charge >= 0.3 is 0 Å². The first-order valence-electron chi connectivity index (χ1n) is 8.44. The summed E-state index contributed by atoms with van der Waals surface area (Å²) in [5.74, 6) is 0.666. The number of hydrogen-bond donors (Lipinski definition) is 1. The molecule has 0 aromatic carbocycles. The molecule has 3 rings (SSSR count). The summed E-state index contributed by atoms with van der Waals surface area (Å²) in [5, 5.41) is -0.0105. The standard InChI is InChI=1S/C16H24N6O2S/c1-11(2)22-9-14(17-10-22)25(23,24)20-15-12(3)18-16(19-13(15)4)21-7-5-6-8-21/h9-11,20H,5-8H2,1-4H3. The first-order chi connectivity index (χ1) is 11.8. The van der Waals surface area contributed by atoms with E-state index in [-0.39, 0.29) is 11.1 Å². The second-order valence-corrected chi connectivity index (χ2v) is 8.25. The lowest BCUT2D eigenvalue weighted by Crippen LogP contribution is -2.22. The van der Waals surface area contributed by atoms with Gasteiger partial charge < -0.3 is 9.47 Å². The summed E-state index contributed by atoms with van der Waals surface area (Å²) in [6, 6.07) is 0.142. The average molecular weight is 364 g/mol. The van der Waals surface area contributed by atoms with Gasteiger partial charge in [0.05, 0.1) is 23.4 Å². The van der Waals surface area contributed by atoms with Crippen molar-refractivity contribution in [2.24, 2.45) is 0 Å². The van der Waals surface area contributed by atoms with Gasteiger partial charge in [-0.15, -0.1) is 0 Å². The highest BCUT2D eigenvalue weighted by Gasteiger charge is 2.23. The maximum absolute atomic E-state index is 12.6. The Morgan fingerprint density at radius 2 is 1.72 bits per heavy atom. The summed E-state index contributed by atoms with van der Waals surface area (Å²) in [6.07, 6.45) is 5.31. The predicted octanol–water partition coefficient (Wildman–Crippen LogP) is 2.27. The highest BCUT2D eigenvalue weighted by molar-refractivity contribution is 7.92. The van der Waals surface area contributed by atoms with E-state index in [0.717, 1.165) is 25.9 Å². The molecule has 1 aliphatic heterocycles. The summed E-state index contributed by atoms with van der Waals surface area (Å²) in [5.41, 5.74) is 1.64. The molecule has 0 radical (unpaired) electrons. The number of imidazole rings is 1. The summed E-state index contributed by atoms with van der Waals surface area (Å²) in [7, 11) is -3.78. The minimum absolute atomic E-state index is 0.0105. The second-order valence-electron chi connectivity index (χ2n) is 6.62. The number of nitrogens with zero attached hydrogens (tertiary/aromatic N) is 5. The largest absolute Gasteiger partial charge is 0.341 e. The van der Waals surface area contributed by atoms with Crippen molar-refractivity contribution in [1.29, 1.82) is 0 Å². The lowest BCUT2D eigenvalue weighted by Gasteiger charge is -2.18. The van der Waals surface area contributed by atoms with Gasteiger partial charge in [-0.2, -0.15) is 8.42 Å². The number of aryl methyl sites for hydroxylation is 2. The van der Waals surface area contributed by atoms with E-state index in [1.54, 1.807) is 18.4 Å². The van der Waals surface area contributed by atoms with Gasteiger partial charge in [-0.05, 0) is 40.5 Å². The van der Waals surface area contributed by atoms with Crippen molar-refractivity contribution >= 4 is 21.7 Å². The number of rotatable bonds is 5. The summed E-state index contributed by atoms with van der Waals surface area (Å²) < 4.78 is 29.6. The second kappa shape index (κ2) is 6.62. The van der Waals surface area contributed by atoms with E-state index in [1.807, 2.05) is 13.8 Å². The van der Waals surface area contributed by atoms with Crippen LogP contribution in [0.2, 0.25) is 0 Å². The molecule has 136 valence electrons. The van der Waals surface area contributed by atoms with Crippen molar-refractivity contribution in [3.05, 3.63) is 23.9 Å². The van der Waals surface area contributed by atoms with E-state index in [2.05, 4.69) is 24.6 Å². The molecule has 0 saturated carbocycles. The third kappa shape index (κ3) is 3.60. The minimum Gasteiger partial charge on any atom is -0.341 e. The molecule has 0 unspecified atom stereocenters. The third-order valence-corrected chi connectivity index (χ3v) is 5.57. The Labute approximate surface area is 148 Å². The lowest BCUT2D eigenvalue weighted by atomic mass is 10.3. The van der Waals surface area contributed by atoms with Crippen LogP contribution in [0.3, 0.4) is 0 Å². The van der Waals surface area contributed by atoms with Gasteiger partial charge in [0.2, 0.25) is 5.95 Å². The molecule has 0 aliphatic carbocycles. The molecule has 0 atom stereocenters. The molecule has 2 aromatic rings. The first-order valence-corrected chi connectivity index (χ1v) is 9.93. The maximum atomic E-state index is 12.6. The molecular weight excluding hydrogens is 340 g/mol. The van der Waals surface area contributed by atoms with E-state index >= 15 is 0 Å². The summed E-state index contributed by atoms with van der Waals surface area (Å²) >= 11 is 0. The van der Waals surface area contributed by atoms with E-state index in [1.165, 1.54) is 12.5 Å². The van der Waals surface area contributed by atoms with Crippen LogP contribution in [0.15, 0.2) is 17.6 Å². The van der Waals surface area contributed by atoms with Gasteiger partial charge in [-0.3, -0.25) is 4.72 Å². The molecule has 8 nitrogen and oxygen atoms in total. The zero-order valence-electron chi connectivity index (χ0n) is 15.0. The van der Waals surface area contributed by atoms with Gasteiger partial charge in [0.15, 0.2) is 5.03 Å². The van der Waals surface area contributed by atoms with Gasteiger partial charge in [-0.1, -0.05) is 0 Å². The van der Waals surface area contributed by atoms with Crippen LogP contribution in [0.25, 0.3) is 0 Å². The Morgan fingerprint density at radius 3 is 2.24 bits per heavy atom. The van der Waals surface area contributed by atoms with Crippen LogP contribution < -0.4 is 9.62 Å². The fourth-order valence-electron chi connectivity index (χ4n) is 2.83. The Balaban J connectivity index is 1.88. The van der Waals surface area contributed by atoms with E-state index in [4.69, 9.17) is 0 Å². The number of nitrogens with one attached hydrogen (secondary N) is 1. The normalized spacial score (nSPS) is 15.2. The van der Waals surface area contributed by atoms with Crippen LogP contribution >= 0.6 is 0 Å². The number of anilines is 2. The van der Waals surface area contributed by atoms with Crippen LogP contribution in [-0.4, -0.2) is 41.0 Å². The maximum Gasteiger partial charge on any atom is 0.281 e. The SMILES string of the molecule is Cc1nc(N2CCCC2)nc(C)c1NS(=O)(=O)c1cn(C(C)C)cn1. The van der Waals surface area contributed by atoms with E-state index in [0.29, 0.717) is 23.0 Å². The molecule has 2 aromatic heterocycles.